The van der Waals surface area contributed by atoms with Crippen LogP contribution in [0.3, 0.4) is 0 Å². The second-order valence-corrected chi connectivity index (χ2v) is 7.00. The Morgan fingerprint density at radius 1 is 1.32 bits per heavy atom. The molecular weight excluding hydrogens is 298 g/mol. The van der Waals surface area contributed by atoms with E-state index >= 15 is 0 Å². The molecule has 0 saturated carbocycles. The van der Waals surface area contributed by atoms with Gasteiger partial charge >= 0.3 is 0 Å². The van der Waals surface area contributed by atoms with Gasteiger partial charge < -0.3 is 4.74 Å². The van der Waals surface area contributed by atoms with Gasteiger partial charge in [-0.2, -0.15) is 0 Å². The van der Waals surface area contributed by atoms with Gasteiger partial charge in [0, 0.05) is 18.1 Å². The molecule has 1 fully saturated rings. The van der Waals surface area contributed by atoms with Gasteiger partial charge in [0.15, 0.2) is 5.78 Å². The summed E-state index contributed by atoms with van der Waals surface area (Å²) in [6, 6.07) is 3.61. The number of nitrogens with zero attached hydrogens (tertiary/aromatic N) is 1. The summed E-state index contributed by atoms with van der Waals surface area (Å²) < 4.78 is 5.63. The zero-order valence-corrected chi connectivity index (χ0v) is 14.7. The molecule has 1 aromatic rings. The predicted molar refractivity (Wildman–Crippen MR) is 91.1 cm³/mol. The molecule has 0 bridgehead atoms. The molecule has 2 atom stereocenters. The summed E-state index contributed by atoms with van der Waals surface area (Å²) in [5.74, 6) is 2.02. The Morgan fingerprint density at radius 3 is 2.55 bits per heavy atom. The number of hydrogen-bond donors (Lipinski definition) is 0. The van der Waals surface area contributed by atoms with E-state index < -0.39 is 0 Å². The summed E-state index contributed by atoms with van der Waals surface area (Å²) in [5, 5.41) is 0.618. The average Bonchev–Trinajstić information content (AvgIpc) is 2.41. The topological polar surface area (TPSA) is 29.5 Å². The largest absolute Gasteiger partial charge is 0.493 e. The van der Waals surface area contributed by atoms with Gasteiger partial charge in [-0.3, -0.25) is 9.69 Å². The highest BCUT2D eigenvalue weighted by molar-refractivity contribution is 6.31. The van der Waals surface area contributed by atoms with E-state index in [-0.39, 0.29) is 5.78 Å². The normalized spacial score (nSPS) is 22.6. The van der Waals surface area contributed by atoms with Crippen LogP contribution < -0.4 is 4.74 Å². The summed E-state index contributed by atoms with van der Waals surface area (Å²) in [5.41, 5.74) is 1.53. The summed E-state index contributed by atoms with van der Waals surface area (Å²) in [7, 11) is 0. The molecule has 1 saturated heterocycles. The SMILES string of the molecule is CCOc1cc(C)c(Cl)cc1C(=O)CN1CC(C)CC(C)C1. The van der Waals surface area contributed by atoms with Crippen molar-refractivity contribution in [3.05, 3.63) is 28.3 Å². The maximum absolute atomic E-state index is 12.7. The zero-order chi connectivity index (χ0) is 16.3. The van der Waals surface area contributed by atoms with Gasteiger partial charge in [0.25, 0.3) is 0 Å². The number of benzene rings is 1. The van der Waals surface area contributed by atoms with E-state index in [4.69, 9.17) is 16.3 Å². The number of hydrogen-bond acceptors (Lipinski definition) is 3. The van der Waals surface area contributed by atoms with Crippen molar-refractivity contribution in [3.63, 3.8) is 0 Å². The number of piperidine rings is 1. The van der Waals surface area contributed by atoms with Gasteiger partial charge in [0.1, 0.15) is 5.75 Å². The molecule has 2 unspecified atom stereocenters. The average molecular weight is 324 g/mol. The quantitative estimate of drug-likeness (QED) is 0.760. The third-order valence-electron chi connectivity index (χ3n) is 4.17. The Balaban J connectivity index is 2.16. The van der Waals surface area contributed by atoms with Crippen LogP contribution in [0.4, 0.5) is 0 Å². The smallest absolute Gasteiger partial charge is 0.180 e. The van der Waals surface area contributed by atoms with Crippen molar-refractivity contribution in [2.75, 3.05) is 26.2 Å². The van der Waals surface area contributed by atoms with E-state index in [1.165, 1.54) is 6.42 Å². The summed E-state index contributed by atoms with van der Waals surface area (Å²) in [6.07, 6.45) is 1.24. The van der Waals surface area contributed by atoms with Gasteiger partial charge in [0.2, 0.25) is 0 Å². The first kappa shape index (κ1) is 17.3. The predicted octanol–water partition coefficient (Wildman–Crippen LogP) is 4.21. The fraction of sp³-hybridized carbons (Fsp3) is 0.611. The van der Waals surface area contributed by atoms with Crippen LogP contribution in [-0.4, -0.2) is 36.9 Å². The van der Waals surface area contributed by atoms with Gasteiger partial charge in [-0.15, -0.1) is 0 Å². The number of likely N-dealkylation sites (tertiary alicyclic amines) is 1. The molecule has 1 heterocycles. The van der Waals surface area contributed by atoms with Gasteiger partial charge in [-0.1, -0.05) is 25.4 Å². The Hall–Kier alpha value is -1.06. The van der Waals surface area contributed by atoms with Crippen LogP contribution in [0.25, 0.3) is 0 Å². The molecule has 0 spiro atoms. The molecule has 0 aromatic heterocycles. The monoisotopic (exact) mass is 323 g/mol. The fourth-order valence-corrected chi connectivity index (χ4v) is 3.52. The number of carbonyl (C=O) groups is 1. The van der Waals surface area contributed by atoms with E-state index in [0.29, 0.717) is 41.3 Å². The molecule has 0 aliphatic carbocycles. The lowest BCUT2D eigenvalue weighted by Crippen LogP contribution is -2.41. The number of Topliss-reactive ketones (excluding diaryl/α,β-unsaturated/α-hetero) is 1. The highest BCUT2D eigenvalue weighted by atomic mass is 35.5. The first-order valence-electron chi connectivity index (χ1n) is 8.09. The molecule has 0 amide bonds. The number of carbonyl (C=O) groups excluding carboxylic acids is 1. The van der Waals surface area contributed by atoms with E-state index in [1.54, 1.807) is 6.07 Å². The minimum absolute atomic E-state index is 0.0895. The number of aryl methyl sites for hydroxylation is 1. The third kappa shape index (κ3) is 4.23. The second kappa shape index (κ2) is 7.47. The standard InChI is InChI=1S/C18H26ClNO2/c1-5-22-18-7-14(4)16(19)8-15(18)17(21)11-20-9-12(2)6-13(3)10-20/h7-8,12-13H,5-6,9-11H2,1-4H3. The van der Waals surface area contributed by atoms with Crippen molar-refractivity contribution in [3.8, 4) is 5.75 Å². The Labute approximate surface area is 138 Å². The lowest BCUT2D eigenvalue weighted by molar-refractivity contribution is 0.0846. The number of halogens is 1. The van der Waals surface area contributed by atoms with Crippen LogP contribution in [-0.2, 0) is 0 Å². The first-order chi connectivity index (χ1) is 10.4. The number of ketones is 1. The molecule has 2 rings (SSSR count). The van der Waals surface area contributed by atoms with Crippen LogP contribution in [0, 0.1) is 18.8 Å². The van der Waals surface area contributed by atoms with E-state index in [1.807, 2.05) is 19.9 Å². The van der Waals surface area contributed by atoms with Crippen molar-refractivity contribution >= 4 is 17.4 Å². The molecule has 122 valence electrons. The highest BCUT2D eigenvalue weighted by Gasteiger charge is 2.25. The van der Waals surface area contributed by atoms with Crippen molar-refractivity contribution < 1.29 is 9.53 Å². The minimum atomic E-state index is 0.0895. The summed E-state index contributed by atoms with van der Waals surface area (Å²) >= 11 is 6.20. The summed E-state index contributed by atoms with van der Waals surface area (Å²) in [4.78, 5) is 15.0. The molecule has 3 nitrogen and oxygen atoms in total. The van der Waals surface area contributed by atoms with E-state index in [0.717, 1.165) is 18.7 Å². The molecule has 0 N–H and O–H groups in total. The second-order valence-electron chi connectivity index (χ2n) is 6.59. The number of rotatable bonds is 5. The maximum atomic E-state index is 12.7. The number of ether oxygens (including phenoxy) is 1. The Kier molecular flexibility index (Phi) is 5.87. The minimum Gasteiger partial charge on any atom is -0.493 e. The van der Waals surface area contributed by atoms with Crippen LogP contribution in [0.5, 0.6) is 5.75 Å². The first-order valence-corrected chi connectivity index (χ1v) is 8.47. The lowest BCUT2D eigenvalue weighted by Gasteiger charge is -2.34. The third-order valence-corrected chi connectivity index (χ3v) is 4.58. The molecule has 0 radical (unpaired) electrons. The van der Waals surface area contributed by atoms with Crippen LogP contribution in [0.1, 0.15) is 43.1 Å². The van der Waals surface area contributed by atoms with Crippen molar-refractivity contribution in [2.24, 2.45) is 11.8 Å². The lowest BCUT2D eigenvalue weighted by atomic mass is 9.91. The van der Waals surface area contributed by atoms with E-state index in [2.05, 4.69) is 18.7 Å². The van der Waals surface area contributed by atoms with Crippen molar-refractivity contribution in [2.45, 2.75) is 34.1 Å². The Morgan fingerprint density at radius 2 is 1.95 bits per heavy atom. The van der Waals surface area contributed by atoms with Gasteiger partial charge in [-0.25, -0.2) is 0 Å². The van der Waals surface area contributed by atoms with Crippen molar-refractivity contribution in [1.82, 2.24) is 4.90 Å². The van der Waals surface area contributed by atoms with Crippen molar-refractivity contribution in [1.29, 1.82) is 0 Å². The maximum Gasteiger partial charge on any atom is 0.180 e. The molecule has 1 aliphatic heterocycles. The molecule has 22 heavy (non-hydrogen) atoms. The fourth-order valence-electron chi connectivity index (χ4n) is 3.36. The zero-order valence-electron chi connectivity index (χ0n) is 14.0. The van der Waals surface area contributed by atoms with Crippen LogP contribution in [0.2, 0.25) is 5.02 Å². The van der Waals surface area contributed by atoms with Crippen LogP contribution >= 0.6 is 11.6 Å². The van der Waals surface area contributed by atoms with Gasteiger partial charge in [0.05, 0.1) is 18.7 Å². The molecular formula is C18H26ClNO2. The van der Waals surface area contributed by atoms with Crippen LogP contribution in [0.15, 0.2) is 12.1 Å². The molecule has 4 heteroatoms. The Bertz CT molecular complexity index is 534. The molecule has 1 aromatic carbocycles. The van der Waals surface area contributed by atoms with Gasteiger partial charge in [-0.05, 0) is 49.8 Å². The molecule has 1 aliphatic rings. The summed E-state index contributed by atoms with van der Waals surface area (Å²) in [6.45, 7) is 11.3. The van der Waals surface area contributed by atoms with E-state index in [9.17, 15) is 4.79 Å². The highest BCUT2D eigenvalue weighted by Crippen LogP contribution is 2.28.